The van der Waals surface area contributed by atoms with E-state index >= 15 is 0 Å². The maximum absolute atomic E-state index is 10.4. The third-order valence-corrected chi connectivity index (χ3v) is 2.49. The summed E-state index contributed by atoms with van der Waals surface area (Å²) in [5, 5.41) is 29.6. The Morgan fingerprint density at radius 1 is 1.42 bits per heavy atom. The van der Waals surface area contributed by atoms with E-state index in [0.29, 0.717) is 24.4 Å². The number of phenols is 1. The van der Waals surface area contributed by atoms with Crippen molar-refractivity contribution in [1.29, 1.82) is 0 Å². The van der Waals surface area contributed by atoms with Crippen molar-refractivity contribution in [3.05, 3.63) is 18.2 Å². The lowest BCUT2D eigenvalue weighted by atomic mass is 10.2. The number of tetrazole rings is 1. The molecule has 19 heavy (non-hydrogen) atoms. The monoisotopic (exact) mass is 263 g/mol. The second kappa shape index (κ2) is 5.34. The van der Waals surface area contributed by atoms with Gasteiger partial charge in [-0.25, -0.2) is 0 Å². The Bertz CT molecular complexity index is 596. The molecule has 1 aromatic carbocycles. The first-order valence-corrected chi connectivity index (χ1v) is 5.65. The van der Waals surface area contributed by atoms with Gasteiger partial charge in [0.2, 0.25) is 5.82 Å². The summed E-state index contributed by atoms with van der Waals surface area (Å²) >= 11 is 0. The normalized spacial score (nSPS) is 10.5. The molecule has 0 amide bonds. The van der Waals surface area contributed by atoms with Gasteiger partial charge in [0.15, 0.2) is 0 Å². The van der Waals surface area contributed by atoms with Gasteiger partial charge in [0.25, 0.3) is 0 Å². The Hall–Kier alpha value is -2.64. The summed E-state index contributed by atoms with van der Waals surface area (Å²) in [5.74, 6) is -0.480. The van der Waals surface area contributed by atoms with Gasteiger partial charge in [-0.15, -0.1) is 10.2 Å². The van der Waals surface area contributed by atoms with E-state index in [9.17, 15) is 9.90 Å². The fourth-order valence-corrected chi connectivity index (χ4v) is 1.52. The van der Waals surface area contributed by atoms with E-state index < -0.39 is 5.97 Å². The number of rotatable bonds is 5. The highest BCUT2D eigenvalue weighted by molar-refractivity contribution is 5.66. The third-order valence-electron chi connectivity index (χ3n) is 2.49. The molecule has 0 saturated heterocycles. The van der Waals surface area contributed by atoms with Crippen molar-refractivity contribution in [3.8, 4) is 17.1 Å². The Balaban J connectivity index is 2.07. The van der Waals surface area contributed by atoms with Crippen LogP contribution < -0.4 is 5.73 Å². The Morgan fingerprint density at radius 2 is 2.21 bits per heavy atom. The van der Waals surface area contributed by atoms with Crippen LogP contribution in [0, 0.1) is 0 Å². The molecule has 8 nitrogen and oxygen atoms in total. The molecule has 0 aliphatic carbocycles. The van der Waals surface area contributed by atoms with E-state index in [-0.39, 0.29) is 17.9 Å². The van der Waals surface area contributed by atoms with Crippen molar-refractivity contribution in [3.63, 3.8) is 0 Å². The molecule has 0 spiro atoms. The minimum absolute atomic E-state index is 0.00222. The molecule has 2 aromatic rings. The zero-order chi connectivity index (χ0) is 13.8. The van der Waals surface area contributed by atoms with Crippen molar-refractivity contribution < 1.29 is 15.0 Å². The number of benzene rings is 1. The topological polar surface area (TPSA) is 127 Å². The first kappa shape index (κ1) is 12.8. The van der Waals surface area contributed by atoms with E-state index in [1.165, 1.54) is 10.9 Å². The van der Waals surface area contributed by atoms with Crippen LogP contribution in [-0.2, 0) is 11.3 Å². The first-order chi connectivity index (χ1) is 9.06. The number of nitrogens with two attached hydrogens (primary N) is 1. The quantitative estimate of drug-likeness (QED) is 0.529. The summed E-state index contributed by atoms with van der Waals surface area (Å²) in [5.41, 5.74) is 6.45. The zero-order valence-electron chi connectivity index (χ0n) is 10.0. The summed E-state index contributed by atoms with van der Waals surface area (Å²) in [7, 11) is 0. The third kappa shape index (κ3) is 3.18. The number of carboxylic acid groups (broad SMARTS) is 1. The minimum atomic E-state index is -0.855. The van der Waals surface area contributed by atoms with Crippen molar-refractivity contribution in [2.75, 3.05) is 5.73 Å². The largest absolute Gasteiger partial charge is 0.506 e. The lowest BCUT2D eigenvalue weighted by Crippen LogP contribution is -2.05. The Labute approximate surface area is 108 Å². The van der Waals surface area contributed by atoms with Gasteiger partial charge in [-0.05, 0) is 29.8 Å². The number of carboxylic acids is 1. The van der Waals surface area contributed by atoms with Crippen LogP contribution in [0.3, 0.4) is 0 Å². The van der Waals surface area contributed by atoms with E-state index in [2.05, 4.69) is 15.4 Å². The number of anilines is 1. The highest BCUT2D eigenvalue weighted by atomic mass is 16.4. The number of aryl methyl sites for hydroxylation is 1. The molecule has 0 aliphatic heterocycles. The number of carbonyl (C=O) groups is 1. The number of hydrogen-bond acceptors (Lipinski definition) is 6. The van der Waals surface area contributed by atoms with Crippen LogP contribution in [0.2, 0.25) is 0 Å². The molecule has 4 N–H and O–H groups in total. The molecule has 0 saturated carbocycles. The summed E-state index contributed by atoms with van der Waals surface area (Å²) < 4.78 is 0. The van der Waals surface area contributed by atoms with Crippen LogP contribution in [0.1, 0.15) is 12.8 Å². The molecule has 100 valence electrons. The fraction of sp³-hybridized carbons (Fsp3) is 0.273. The average molecular weight is 263 g/mol. The highest BCUT2D eigenvalue weighted by Crippen LogP contribution is 2.24. The van der Waals surface area contributed by atoms with Gasteiger partial charge in [0.05, 0.1) is 12.2 Å². The van der Waals surface area contributed by atoms with Gasteiger partial charge < -0.3 is 15.9 Å². The molecule has 2 rings (SSSR count). The summed E-state index contributed by atoms with van der Waals surface area (Å²) in [6.07, 6.45) is 0.492. The van der Waals surface area contributed by atoms with Crippen LogP contribution in [0.4, 0.5) is 5.69 Å². The fourth-order valence-electron chi connectivity index (χ4n) is 1.52. The molecule has 0 unspecified atom stereocenters. The summed E-state index contributed by atoms with van der Waals surface area (Å²) in [6, 6.07) is 4.63. The predicted octanol–water partition coefficient (Wildman–Crippen LogP) is 0.493. The maximum atomic E-state index is 10.4. The molecule has 1 heterocycles. The van der Waals surface area contributed by atoms with Crippen LogP contribution in [-0.4, -0.2) is 36.4 Å². The second-order valence-corrected chi connectivity index (χ2v) is 3.98. The van der Waals surface area contributed by atoms with Gasteiger partial charge in [-0.3, -0.25) is 4.79 Å². The minimum Gasteiger partial charge on any atom is -0.506 e. The van der Waals surface area contributed by atoms with Gasteiger partial charge in [-0.2, -0.15) is 4.80 Å². The Kier molecular flexibility index (Phi) is 3.60. The van der Waals surface area contributed by atoms with E-state index in [0.717, 1.165) is 0 Å². The van der Waals surface area contributed by atoms with Crippen LogP contribution in [0.15, 0.2) is 18.2 Å². The number of nitrogens with zero attached hydrogens (tertiary/aromatic N) is 4. The van der Waals surface area contributed by atoms with Crippen LogP contribution >= 0.6 is 0 Å². The maximum Gasteiger partial charge on any atom is 0.303 e. The van der Waals surface area contributed by atoms with Gasteiger partial charge >= 0.3 is 5.97 Å². The molecule has 0 radical (unpaired) electrons. The van der Waals surface area contributed by atoms with Crippen LogP contribution in [0.5, 0.6) is 5.75 Å². The SMILES string of the molecule is Nc1cc(-c2nnn(CCCC(=O)O)n2)ccc1O. The standard InChI is InChI=1S/C11H13N5O3/c12-8-6-7(3-4-9(8)17)11-13-15-16(14-11)5-1-2-10(18)19/h3-4,6,17H,1-2,5,12H2,(H,18,19). The number of aromatic hydroxyl groups is 1. The number of phenolic OH excluding ortho intramolecular Hbond substituents is 1. The molecule has 1 aromatic heterocycles. The smallest absolute Gasteiger partial charge is 0.303 e. The van der Waals surface area contributed by atoms with Gasteiger partial charge in [-0.1, -0.05) is 0 Å². The van der Waals surface area contributed by atoms with Crippen molar-refractivity contribution in [1.82, 2.24) is 20.2 Å². The van der Waals surface area contributed by atoms with E-state index in [4.69, 9.17) is 10.8 Å². The number of hydrogen-bond donors (Lipinski definition) is 3. The average Bonchev–Trinajstić information content (AvgIpc) is 2.81. The van der Waals surface area contributed by atoms with Crippen molar-refractivity contribution >= 4 is 11.7 Å². The molecular weight excluding hydrogens is 250 g/mol. The molecule has 0 atom stereocenters. The molecule has 0 aliphatic rings. The summed E-state index contributed by atoms with van der Waals surface area (Å²) in [6.45, 7) is 0.382. The van der Waals surface area contributed by atoms with Gasteiger partial charge in [0, 0.05) is 12.0 Å². The highest BCUT2D eigenvalue weighted by Gasteiger charge is 2.08. The lowest BCUT2D eigenvalue weighted by Gasteiger charge is -1.99. The second-order valence-electron chi connectivity index (χ2n) is 3.98. The predicted molar refractivity (Wildman–Crippen MR) is 66.2 cm³/mol. The molecule has 0 fully saturated rings. The van der Waals surface area contributed by atoms with Gasteiger partial charge in [0.1, 0.15) is 5.75 Å². The number of aliphatic carboxylic acids is 1. The van der Waals surface area contributed by atoms with E-state index in [1.54, 1.807) is 12.1 Å². The Morgan fingerprint density at radius 3 is 2.89 bits per heavy atom. The van der Waals surface area contributed by atoms with Crippen LogP contribution in [0.25, 0.3) is 11.4 Å². The van der Waals surface area contributed by atoms with Crippen molar-refractivity contribution in [2.24, 2.45) is 0 Å². The number of nitrogen functional groups attached to an aromatic ring is 1. The summed E-state index contributed by atoms with van der Waals surface area (Å²) in [4.78, 5) is 11.7. The lowest BCUT2D eigenvalue weighted by molar-refractivity contribution is -0.137. The molecular formula is C11H13N5O3. The number of aromatic nitrogens is 4. The van der Waals surface area contributed by atoms with Crippen molar-refractivity contribution in [2.45, 2.75) is 19.4 Å². The van der Waals surface area contributed by atoms with E-state index in [1.807, 2.05) is 0 Å². The first-order valence-electron chi connectivity index (χ1n) is 5.65. The molecule has 0 bridgehead atoms. The molecule has 8 heteroatoms. The zero-order valence-corrected chi connectivity index (χ0v) is 10.0.